The minimum atomic E-state index is -0.951. The zero-order chi connectivity index (χ0) is 14.4. The lowest BCUT2D eigenvalue weighted by molar-refractivity contribution is 0.0691. The van der Waals surface area contributed by atoms with Gasteiger partial charge >= 0.3 is 5.97 Å². The van der Waals surface area contributed by atoms with E-state index >= 15 is 0 Å². The van der Waals surface area contributed by atoms with Crippen molar-refractivity contribution in [2.75, 3.05) is 6.61 Å². The first-order valence-electron chi connectivity index (χ1n) is 7.61. The molecule has 20 heavy (non-hydrogen) atoms. The second-order valence-corrected chi connectivity index (χ2v) is 5.37. The average Bonchev–Trinajstić information content (AvgIpc) is 2.88. The molecule has 0 spiro atoms. The molecule has 0 amide bonds. The minimum absolute atomic E-state index is 0.208. The van der Waals surface area contributed by atoms with Crippen LogP contribution in [0.5, 0.6) is 5.88 Å². The summed E-state index contributed by atoms with van der Waals surface area (Å²) in [4.78, 5) is 15.7. The summed E-state index contributed by atoms with van der Waals surface area (Å²) in [5.74, 6) is -0.651. The lowest BCUT2D eigenvalue weighted by atomic mass is 10.1. The van der Waals surface area contributed by atoms with Gasteiger partial charge in [-0.3, -0.25) is 0 Å². The van der Waals surface area contributed by atoms with Crippen LogP contribution in [-0.4, -0.2) is 22.7 Å². The molecule has 4 heteroatoms. The number of aryl methyl sites for hydroxylation is 2. The summed E-state index contributed by atoms with van der Waals surface area (Å²) in [6, 6.07) is 1.74. The third-order valence-corrected chi connectivity index (χ3v) is 3.73. The van der Waals surface area contributed by atoms with Crippen LogP contribution in [0.3, 0.4) is 0 Å². The normalized spacial score (nSPS) is 13.2. The molecule has 0 radical (unpaired) electrons. The van der Waals surface area contributed by atoms with Gasteiger partial charge < -0.3 is 9.84 Å². The number of rotatable bonds is 8. The molecule has 0 fully saturated rings. The lowest BCUT2D eigenvalue weighted by Gasteiger charge is -2.10. The van der Waals surface area contributed by atoms with Crippen LogP contribution in [-0.2, 0) is 12.8 Å². The predicted octanol–water partition coefficient (Wildman–Crippen LogP) is 3.62. The summed E-state index contributed by atoms with van der Waals surface area (Å²) >= 11 is 0. The van der Waals surface area contributed by atoms with E-state index in [1.165, 1.54) is 19.3 Å². The number of unbranched alkanes of at least 4 members (excludes halogenated alkanes) is 4. The Morgan fingerprint density at radius 2 is 2.10 bits per heavy atom. The summed E-state index contributed by atoms with van der Waals surface area (Å²) in [5.41, 5.74) is 2.29. The van der Waals surface area contributed by atoms with Crippen LogP contribution in [0.1, 0.15) is 67.1 Å². The molecular weight excluding hydrogens is 254 g/mol. The van der Waals surface area contributed by atoms with E-state index in [1.807, 2.05) is 0 Å². The van der Waals surface area contributed by atoms with Crippen molar-refractivity contribution in [3.05, 3.63) is 22.9 Å². The molecule has 0 saturated heterocycles. The monoisotopic (exact) mass is 277 g/mol. The molecule has 0 bridgehead atoms. The SMILES string of the molecule is CCCCCCCOc1nc2c(cc1C(=O)O)CCC2. The molecule has 0 aliphatic heterocycles. The number of carbonyl (C=O) groups is 1. The van der Waals surface area contributed by atoms with Gasteiger partial charge in [-0.1, -0.05) is 32.6 Å². The number of aromatic nitrogens is 1. The van der Waals surface area contributed by atoms with Crippen LogP contribution in [0.25, 0.3) is 0 Å². The first-order chi connectivity index (χ1) is 9.72. The Bertz CT molecular complexity index is 471. The molecule has 1 aromatic heterocycles. The first-order valence-corrected chi connectivity index (χ1v) is 7.61. The highest BCUT2D eigenvalue weighted by atomic mass is 16.5. The van der Waals surface area contributed by atoms with E-state index < -0.39 is 5.97 Å². The third-order valence-electron chi connectivity index (χ3n) is 3.73. The number of aromatic carboxylic acids is 1. The molecule has 2 rings (SSSR count). The summed E-state index contributed by atoms with van der Waals surface area (Å²) < 4.78 is 5.61. The van der Waals surface area contributed by atoms with Crippen molar-refractivity contribution < 1.29 is 14.6 Å². The molecule has 1 heterocycles. The maximum Gasteiger partial charge on any atom is 0.341 e. The number of ether oxygens (including phenoxy) is 1. The van der Waals surface area contributed by atoms with Crippen molar-refractivity contribution >= 4 is 5.97 Å². The highest BCUT2D eigenvalue weighted by molar-refractivity contribution is 5.90. The molecule has 0 aromatic carbocycles. The van der Waals surface area contributed by atoms with Crippen LogP contribution in [0.2, 0.25) is 0 Å². The van der Waals surface area contributed by atoms with Crippen molar-refractivity contribution in [3.63, 3.8) is 0 Å². The average molecular weight is 277 g/mol. The number of pyridine rings is 1. The molecular formula is C16H23NO3. The molecule has 110 valence electrons. The summed E-state index contributed by atoms with van der Waals surface area (Å²) in [6.07, 6.45) is 8.68. The van der Waals surface area contributed by atoms with Crippen LogP contribution in [0.15, 0.2) is 6.07 Å². The van der Waals surface area contributed by atoms with Crippen molar-refractivity contribution in [1.29, 1.82) is 0 Å². The fourth-order valence-corrected chi connectivity index (χ4v) is 2.59. The second kappa shape index (κ2) is 7.27. The topological polar surface area (TPSA) is 59.4 Å². The largest absolute Gasteiger partial charge is 0.477 e. The number of nitrogens with zero attached hydrogens (tertiary/aromatic N) is 1. The smallest absolute Gasteiger partial charge is 0.341 e. The number of carboxylic acids is 1. The molecule has 1 aromatic rings. The van der Waals surface area contributed by atoms with Crippen LogP contribution in [0, 0.1) is 0 Å². The third kappa shape index (κ3) is 3.71. The van der Waals surface area contributed by atoms with Crippen LogP contribution in [0.4, 0.5) is 0 Å². The first kappa shape index (κ1) is 14.8. The van der Waals surface area contributed by atoms with Crippen molar-refractivity contribution in [2.24, 2.45) is 0 Å². The van der Waals surface area contributed by atoms with Crippen molar-refractivity contribution in [1.82, 2.24) is 4.98 Å². The van der Waals surface area contributed by atoms with Crippen molar-refractivity contribution in [3.8, 4) is 5.88 Å². The van der Waals surface area contributed by atoms with E-state index in [2.05, 4.69) is 11.9 Å². The Kier molecular flexibility index (Phi) is 5.39. The van der Waals surface area contributed by atoms with Crippen molar-refractivity contribution in [2.45, 2.75) is 58.3 Å². The molecule has 1 aliphatic carbocycles. The number of carboxylic acid groups (broad SMARTS) is 1. The van der Waals surface area contributed by atoms with E-state index in [1.54, 1.807) is 6.07 Å². The maximum absolute atomic E-state index is 11.3. The lowest BCUT2D eigenvalue weighted by Crippen LogP contribution is -2.08. The van der Waals surface area contributed by atoms with Gasteiger partial charge in [0.15, 0.2) is 0 Å². The van der Waals surface area contributed by atoms with Crippen LogP contribution < -0.4 is 4.74 Å². The standard InChI is InChI=1S/C16H23NO3/c1-2-3-4-5-6-10-20-15-13(16(18)19)11-12-8-7-9-14(12)17-15/h11H,2-10H2,1H3,(H,18,19). The Balaban J connectivity index is 1.94. The maximum atomic E-state index is 11.3. The summed E-state index contributed by atoms with van der Waals surface area (Å²) in [6.45, 7) is 2.74. The van der Waals surface area contributed by atoms with Gasteiger partial charge in [0.1, 0.15) is 5.56 Å². The zero-order valence-electron chi connectivity index (χ0n) is 12.2. The van der Waals surface area contributed by atoms with Gasteiger partial charge in [-0.2, -0.15) is 0 Å². The summed E-state index contributed by atoms with van der Waals surface area (Å²) in [7, 11) is 0. The van der Waals surface area contributed by atoms with Gasteiger partial charge in [-0.25, -0.2) is 9.78 Å². The van der Waals surface area contributed by atoms with Gasteiger partial charge in [-0.05, 0) is 37.3 Å². The molecule has 1 N–H and O–H groups in total. The Morgan fingerprint density at radius 1 is 1.30 bits per heavy atom. The number of hydrogen-bond donors (Lipinski definition) is 1. The quantitative estimate of drug-likeness (QED) is 0.737. The highest BCUT2D eigenvalue weighted by Gasteiger charge is 2.20. The minimum Gasteiger partial charge on any atom is -0.477 e. The van der Waals surface area contributed by atoms with E-state index in [-0.39, 0.29) is 5.56 Å². The Labute approximate surface area is 120 Å². The van der Waals surface area contributed by atoms with Gasteiger partial charge in [0.05, 0.1) is 6.61 Å². The molecule has 4 nitrogen and oxygen atoms in total. The van der Waals surface area contributed by atoms with E-state index in [9.17, 15) is 9.90 Å². The predicted molar refractivity (Wildman–Crippen MR) is 77.5 cm³/mol. The molecule has 0 unspecified atom stereocenters. The highest BCUT2D eigenvalue weighted by Crippen LogP contribution is 2.26. The van der Waals surface area contributed by atoms with Gasteiger partial charge in [0.2, 0.25) is 5.88 Å². The second-order valence-electron chi connectivity index (χ2n) is 5.37. The number of hydrogen-bond acceptors (Lipinski definition) is 3. The fraction of sp³-hybridized carbons (Fsp3) is 0.625. The van der Waals surface area contributed by atoms with E-state index in [0.717, 1.165) is 43.4 Å². The van der Waals surface area contributed by atoms with Gasteiger partial charge in [0.25, 0.3) is 0 Å². The van der Waals surface area contributed by atoms with Gasteiger partial charge in [0, 0.05) is 5.69 Å². The fourth-order valence-electron chi connectivity index (χ4n) is 2.59. The van der Waals surface area contributed by atoms with E-state index in [0.29, 0.717) is 12.5 Å². The van der Waals surface area contributed by atoms with Crippen LogP contribution >= 0.6 is 0 Å². The molecule has 0 saturated carbocycles. The molecule has 0 atom stereocenters. The van der Waals surface area contributed by atoms with Gasteiger partial charge in [-0.15, -0.1) is 0 Å². The summed E-state index contributed by atoms with van der Waals surface area (Å²) in [5, 5.41) is 9.25. The molecule has 1 aliphatic rings. The number of fused-ring (bicyclic) bond motifs is 1. The van der Waals surface area contributed by atoms with E-state index in [4.69, 9.17) is 4.74 Å². The Morgan fingerprint density at radius 3 is 2.85 bits per heavy atom. The Hall–Kier alpha value is -1.58. The zero-order valence-corrected chi connectivity index (χ0v) is 12.2.